The lowest BCUT2D eigenvalue weighted by Gasteiger charge is -2.04. The van der Waals surface area contributed by atoms with Gasteiger partial charge < -0.3 is 10.4 Å². The Morgan fingerprint density at radius 1 is 1.47 bits per heavy atom. The van der Waals surface area contributed by atoms with Crippen LogP contribution in [0.15, 0.2) is 30.9 Å². The largest absolute Gasteiger partial charge is 0.384 e. The second-order valence-corrected chi connectivity index (χ2v) is 3.51. The van der Waals surface area contributed by atoms with Crippen molar-refractivity contribution in [2.75, 3.05) is 11.9 Å². The van der Waals surface area contributed by atoms with E-state index in [4.69, 9.17) is 5.11 Å². The quantitative estimate of drug-likeness (QED) is 0.733. The lowest BCUT2D eigenvalue weighted by atomic mass is 10.3. The molecule has 2 heterocycles. The third-order valence-electron chi connectivity index (χ3n) is 2.08. The summed E-state index contributed by atoms with van der Waals surface area (Å²) in [6.45, 7) is -0.168. The van der Waals surface area contributed by atoms with E-state index in [2.05, 4.69) is 32.2 Å². The minimum atomic E-state index is -0.259. The minimum absolute atomic E-state index is 0.0637. The second kappa shape index (κ2) is 6.28. The third kappa shape index (κ3) is 3.90. The average molecular weight is 257 g/mol. The molecule has 0 radical (unpaired) electrons. The molecule has 2 aromatic heterocycles. The second-order valence-electron chi connectivity index (χ2n) is 3.51. The number of hydrogen-bond donors (Lipinski definition) is 2. The summed E-state index contributed by atoms with van der Waals surface area (Å²) in [5.74, 6) is 5.29. The topological polar surface area (TPSA) is 92.9 Å². The Bertz CT molecular complexity index is 613. The Kier molecular flexibility index (Phi) is 4.21. The van der Waals surface area contributed by atoms with E-state index in [9.17, 15) is 4.79 Å². The highest BCUT2D eigenvalue weighted by atomic mass is 16.2. The van der Waals surface area contributed by atoms with Crippen molar-refractivity contribution in [1.82, 2.24) is 19.7 Å². The van der Waals surface area contributed by atoms with Gasteiger partial charge in [0.2, 0.25) is 5.91 Å². The Hall–Kier alpha value is -2.72. The van der Waals surface area contributed by atoms with E-state index in [0.29, 0.717) is 11.5 Å². The van der Waals surface area contributed by atoms with Crippen molar-refractivity contribution in [3.05, 3.63) is 36.5 Å². The summed E-state index contributed by atoms with van der Waals surface area (Å²) in [6, 6.07) is 5.07. The summed E-state index contributed by atoms with van der Waals surface area (Å²) in [7, 11) is 0. The van der Waals surface area contributed by atoms with Crippen LogP contribution in [-0.4, -0.2) is 37.4 Å². The number of hydrogen-bond acceptors (Lipinski definition) is 5. The molecule has 0 aliphatic rings. The molecule has 0 atom stereocenters. The fourth-order valence-electron chi connectivity index (χ4n) is 1.35. The molecular weight excluding hydrogens is 246 g/mol. The Morgan fingerprint density at radius 3 is 3.11 bits per heavy atom. The van der Waals surface area contributed by atoms with E-state index >= 15 is 0 Å². The summed E-state index contributed by atoms with van der Waals surface area (Å²) in [5.41, 5.74) is 0.479. The smallest absolute Gasteiger partial charge is 0.247 e. The molecule has 0 unspecified atom stereocenters. The van der Waals surface area contributed by atoms with Crippen molar-refractivity contribution in [2.45, 2.75) is 6.54 Å². The number of carbonyl (C=O) groups excluding carboxylic acids is 1. The molecule has 2 aromatic rings. The van der Waals surface area contributed by atoms with Crippen LogP contribution in [0.4, 0.5) is 5.82 Å². The van der Waals surface area contributed by atoms with Crippen LogP contribution in [0.25, 0.3) is 0 Å². The van der Waals surface area contributed by atoms with E-state index in [1.54, 1.807) is 18.2 Å². The van der Waals surface area contributed by atoms with Crippen LogP contribution in [0, 0.1) is 11.8 Å². The molecule has 0 aromatic carbocycles. The third-order valence-corrected chi connectivity index (χ3v) is 2.08. The summed E-state index contributed by atoms with van der Waals surface area (Å²) < 4.78 is 1.41. The molecule has 2 N–H and O–H groups in total. The molecule has 0 bridgehead atoms. The molecule has 0 saturated carbocycles. The van der Waals surface area contributed by atoms with Crippen molar-refractivity contribution in [3.8, 4) is 11.8 Å². The van der Waals surface area contributed by atoms with Gasteiger partial charge in [-0.25, -0.2) is 14.6 Å². The van der Waals surface area contributed by atoms with Gasteiger partial charge >= 0.3 is 0 Å². The first-order valence-electron chi connectivity index (χ1n) is 5.47. The van der Waals surface area contributed by atoms with E-state index in [1.165, 1.54) is 17.3 Å². The predicted molar refractivity (Wildman–Crippen MR) is 66.9 cm³/mol. The number of amides is 1. The van der Waals surface area contributed by atoms with E-state index in [0.717, 1.165) is 0 Å². The maximum Gasteiger partial charge on any atom is 0.247 e. The van der Waals surface area contributed by atoms with Crippen LogP contribution in [0.5, 0.6) is 0 Å². The highest BCUT2D eigenvalue weighted by Gasteiger charge is 2.04. The van der Waals surface area contributed by atoms with Crippen LogP contribution >= 0.6 is 0 Å². The zero-order valence-corrected chi connectivity index (χ0v) is 9.95. The molecule has 0 aliphatic carbocycles. The van der Waals surface area contributed by atoms with Crippen LogP contribution in [0.2, 0.25) is 0 Å². The van der Waals surface area contributed by atoms with E-state index in [-0.39, 0.29) is 19.1 Å². The molecule has 0 saturated heterocycles. The lowest BCUT2D eigenvalue weighted by Crippen LogP contribution is -2.19. The zero-order chi connectivity index (χ0) is 13.5. The minimum Gasteiger partial charge on any atom is -0.384 e. The van der Waals surface area contributed by atoms with E-state index < -0.39 is 0 Å². The lowest BCUT2D eigenvalue weighted by molar-refractivity contribution is -0.116. The van der Waals surface area contributed by atoms with Gasteiger partial charge in [0.25, 0.3) is 0 Å². The number of aliphatic hydroxyl groups is 1. The summed E-state index contributed by atoms with van der Waals surface area (Å²) >= 11 is 0. The van der Waals surface area contributed by atoms with Gasteiger partial charge in [0.15, 0.2) is 0 Å². The number of nitrogens with zero attached hydrogens (tertiary/aromatic N) is 4. The highest BCUT2D eigenvalue weighted by molar-refractivity contribution is 5.89. The molecule has 7 heteroatoms. The van der Waals surface area contributed by atoms with Gasteiger partial charge in [0.1, 0.15) is 37.3 Å². The summed E-state index contributed by atoms with van der Waals surface area (Å²) in [6.07, 6.45) is 2.81. The highest BCUT2D eigenvalue weighted by Crippen LogP contribution is 2.04. The first kappa shape index (κ1) is 12.7. The zero-order valence-electron chi connectivity index (χ0n) is 9.95. The molecule has 7 nitrogen and oxygen atoms in total. The normalized spacial score (nSPS) is 9.53. The average Bonchev–Trinajstić information content (AvgIpc) is 2.89. The van der Waals surface area contributed by atoms with Crippen molar-refractivity contribution in [3.63, 3.8) is 0 Å². The van der Waals surface area contributed by atoms with E-state index in [1.807, 2.05) is 0 Å². The predicted octanol–water partition coefficient (Wildman–Crippen LogP) is -0.344. The van der Waals surface area contributed by atoms with Gasteiger partial charge in [-0.3, -0.25) is 4.79 Å². The van der Waals surface area contributed by atoms with Crippen LogP contribution in [0.1, 0.15) is 5.69 Å². The maximum atomic E-state index is 11.7. The van der Waals surface area contributed by atoms with Crippen molar-refractivity contribution in [2.24, 2.45) is 0 Å². The molecular formula is C12H11N5O2. The van der Waals surface area contributed by atoms with Crippen LogP contribution in [0.3, 0.4) is 0 Å². The van der Waals surface area contributed by atoms with Gasteiger partial charge in [0, 0.05) is 0 Å². The maximum absolute atomic E-state index is 11.7. The van der Waals surface area contributed by atoms with Crippen molar-refractivity contribution in [1.29, 1.82) is 0 Å². The van der Waals surface area contributed by atoms with Gasteiger partial charge in [0.05, 0.1) is 0 Å². The first-order chi connectivity index (χ1) is 9.28. The SMILES string of the molecule is O=C(Cn1cncn1)Nc1cccc(C#CCO)n1. The van der Waals surface area contributed by atoms with Crippen molar-refractivity contribution >= 4 is 11.7 Å². The number of anilines is 1. The standard InChI is InChI=1S/C12H11N5O2/c18-6-2-4-10-3-1-5-11(15-10)16-12(19)7-17-9-13-8-14-17/h1,3,5,8-9,18H,6-7H2,(H,15,16,19). The Morgan fingerprint density at radius 2 is 2.37 bits per heavy atom. The first-order valence-corrected chi connectivity index (χ1v) is 5.47. The number of nitrogens with one attached hydrogen (secondary N) is 1. The summed E-state index contributed by atoms with van der Waals surface area (Å²) in [5, 5.41) is 15.1. The summed E-state index contributed by atoms with van der Waals surface area (Å²) in [4.78, 5) is 19.6. The molecule has 19 heavy (non-hydrogen) atoms. The van der Waals surface area contributed by atoms with Gasteiger partial charge in [-0.1, -0.05) is 12.0 Å². The van der Waals surface area contributed by atoms with Gasteiger partial charge in [-0.2, -0.15) is 5.10 Å². The number of rotatable bonds is 3. The molecule has 0 aliphatic heterocycles. The number of aromatic nitrogens is 4. The number of aliphatic hydroxyl groups excluding tert-OH is 1. The Labute approximate surface area is 109 Å². The fraction of sp³-hybridized carbons (Fsp3) is 0.167. The van der Waals surface area contributed by atoms with Crippen LogP contribution in [-0.2, 0) is 11.3 Å². The molecule has 96 valence electrons. The van der Waals surface area contributed by atoms with Crippen LogP contribution < -0.4 is 5.32 Å². The van der Waals surface area contributed by atoms with Crippen molar-refractivity contribution < 1.29 is 9.90 Å². The van der Waals surface area contributed by atoms with Gasteiger partial charge in [-0.05, 0) is 18.1 Å². The fourth-order valence-corrected chi connectivity index (χ4v) is 1.35. The van der Waals surface area contributed by atoms with Gasteiger partial charge in [-0.15, -0.1) is 0 Å². The molecule has 2 rings (SSSR count). The monoisotopic (exact) mass is 257 g/mol. The molecule has 0 spiro atoms. The number of carbonyl (C=O) groups is 1. The number of pyridine rings is 1. The molecule has 1 amide bonds. The Balaban J connectivity index is 2.00. The molecule has 0 fully saturated rings.